The van der Waals surface area contributed by atoms with Crippen molar-refractivity contribution in [3.8, 4) is 0 Å². The van der Waals surface area contributed by atoms with E-state index < -0.39 is 0 Å². The van der Waals surface area contributed by atoms with Crippen LogP contribution in [0.1, 0.15) is 30.8 Å². The van der Waals surface area contributed by atoms with Gasteiger partial charge in [0.05, 0.1) is 5.39 Å². The van der Waals surface area contributed by atoms with Gasteiger partial charge in [-0.1, -0.05) is 32.0 Å². The predicted molar refractivity (Wildman–Crippen MR) is 95.5 cm³/mol. The number of anilines is 1. The zero-order valence-electron chi connectivity index (χ0n) is 13.5. The quantitative estimate of drug-likeness (QED) is 0.773. The van der Waals surface area contributed by atoms with Crippen LogP contribution < -0.4 is 10.9 Å². The fourth-order valence-electron chi connectivity index (χ4n) is 2.38. The first-order valence-corrected chi connectivity index (χ1v) is 8.65. The van der Waals surface area contributed by atoms with Crippen molar-refractivity contribution in [1.82, 2.24) is 14.8 Å². The number of carbonyl (C=O) groups excluding carboxylic acids is 1. The van der Waals surface area contributed by atoms with Crippen molar-refractivity contribution in [3.63, 3.8) is 0 Å². The Hall–Kier alpha value is -2.54. The molecule has 0 bridgehead atoms. The van der Waals surface area contributed by atoms with Gasteiger partial charge in [-0.15, -0.1) is 11.3 Å². The topological polar surface area (TPSA) is 76.9 Å². The number of aromatic nitrogens is 3. The molecule has 24 heavy (non-hydrogen) atoms. The maximum absolute atomic E-state index is 12.6. The van der Waals surface area contributed by atoms with E-state index in [0.717, 1.165) is 6.42 Å². The Morgan fingerprint density at radius 2 is 2.04 bits per heavy atom. The van der Waals surface area contributed by atoms with Crippen molar-refractivity contribution in [1.29, 1.82) is 0 Å². The van der Waals surface area contributed by atoms with Crippen LogP contribution in [0, 0.1) is 5.92 Å². The Bertz CT molecular complexity index is 916. The van der Waals surface area contributed by atoms with E-state index in [0.29, 0.717) is 28.4 Å². The van der Waals surface area contributed by atoms with Gasteiger partial charge >= 0.3 is 0 Å². The summed E-state index contributed by atoms with van der Waals surface area (Å²) in [5.74, 6) is 0.0808. The molecule has 0 aliphatic rings. The third-order valence-electron chi connectivity index (χ3n) is 3.65. The lowest BCUT2D eigenvalue weighted by Crippen LogP contribution is -2.28. The standard InChI is InChI=1S/C17H18N4O2S/c1-11(2)7-9-21-16(23)13-6-4-3-5-12(13)14(20-21)15(22)19-17-18-8-10-24-17/h3-6,8,10-11H,7,9H2,1-2H3,(H,18,19,22). The minimum absolute atomic E-state index is 0.169. The maximum Gasteiger partial charge on any atom is 0.278 e. The zero-order chi connectivity index (χ0) is 17.1. The fourth-order valence-corrected chi connectivity index (χ4v) is 2.90. The van der Waals surface area contributed by atoms with Crippen molar-refractivity contribution in [3.05, 3.63) is 51.9 Å². The Morgan fingerprint density at radius 1 is 1.29 bits per heavy atom. The molecule has 0 radical (unpaired) electrons. The number of fused-ring (bicyclic) bond motifs is 1. The molecule has 1 N–H and O–H groups in total. The summed E-state index contributed by atoms with van der Waals surface area (Å²) in [6.45, 7) is 4.66. The molecule has 0 aliphatic heterocycles. The first kappa shape index (κ1) is 16.3. The van der Waals surface area contributed by atoms with Gasteiger partial charge in [-0.05, 0) is 18.4 Å². The van der Waals surface area contributed by atoms with Gasteiger partial charge in [0.25, 0.3) is 11.5 Å². The van der Waals surface area contributed by atoms with E-state index in [1.807, 2.05) is 0 Å². The van der Waals surface area contributed by atoms with Crippen molar-refractivity contribution in [2.24, 2.45) is 5.92 Å². The van der Waals surface area contributed by atoms with Gasteiger partial charge in [0.1, 0.15) is 0 Å². The summed E-state index contributed by atoms with van der Waals surface area (Å²) in [5, 5.41) is 10.4. The minimum Gasteiger partial charge on any atom is -0.296 e. The van der Waals surface area contributed by atoms with Crippen LogP contribution in [0.2, 0.25) is 0 Å². The van der Waals surface area contributed by atoms with Crippen molar-refractivity contribution < 1.29 is 4.79 Å². The number of amides is 1. The summed E-state index contributed by atoms with van der Waals surface area (Å²) in [7, 11) is 0. The van der Waals surface area contributed by atoms with E-state index in [9.17, 15) is 9.59 Å². The average Bonchev–Trinajstić information content (AvgIpc) is 3.07. The monoisotopic (exact) mass is 342 g/mol. The second-order valence-electron chi connectivity index (χ2n) is 5.90. The highest BCUT2D eigenvalue weighted by Crippen LogP contribution is 2.17. The van der Waals surface area contributed by atoms with Crippen LogP contribution in [0.4, 0.5) is 5.13 Å². The van der Waals surface area contributed by atoms with Gasteiger partial charge in [-0.3, -0.25) is 14.9 Å². The van der Waals surface area contributed by atoms with Gasteiger partial charge in [0.2, 0.25) is 0 Å². The Balaban J connectivity index is 2.06. The largest absolute Gasteiger partial charge is 0.296 e. The van der Waals surface area contributed by atoms with Crippen LogP contribution in [-0.2, 0) is 6.54 Å². The molecular formula is C17H18N4O2S. The predicted octanol–water partition coefficient (Wildman–Crippen LogP) is 3.15. The minimum atomic E-state index is -0.362. The molecule has 1 aromatic carbocycles. The van der Waals surface area contributed by atoms with E-state index >= 15 is 0 Å². The Kier molecular flexibility index (Phi) is 4.71. The molecule has 2 aromatic heterocycles. The summed E-state index contributed by atoms with van der Waals surface area (Å²) in [6.07, 6.45) is 2.44. The molecule has 0 spiro atoms. The third-order valence-corrected chi connectivity index (χ3v) is 4.34. The molecule has 0 atom stereocenters. The van der Waals surface area contributed by atoms with E-state index in [1.165, 1.54) is 16.0 Å². The number of hydrogen-bond donors (Lipinski definition) is 1. The van der Waals surface area contributed by atoms with Crippen molar-refractivity contribution >= 4 is 33.1 Å². The molecule has 6 nitrogen and oxygen atoms in total. The summed E-state index contributed by atoms with van der Waals surface area (Å²) >= 11 is 1.33. The zero-order valence-corrected chi connectivity index (χ0v) is 14.3. The van der Waals surface area contributed by atoms with E-state index in [4.69, 9.17) is 0 Å². The maximum atomic E-state index is 12.6. The number of aryl methyl sites for hydroxylation is 1. The van der Waals surface area contributed by atoms with E-state index in [2.05, 4.69) is 29.2 Å². The highest BCUT2D eigenvalue weighted by Gasteiger charge is 2.17. The van der Waals surface area contributed by atoms with Gasteiger partial charge in [0, 0.05) is 23.5 Å². The van der Waals surface area contributed by atoms with E-state index in [1.54, 1.807) is 35.8 Å². The fraction of sp³-hybridized carbons (Fsp3) is 0.294. The molecule has 0 saturated heterocycles. The number of rotatable bonds is 5. The number of nitrogens with zero attached hydrogens (tertiary/aromatic N) is 3. The molecular weight excluding hydrogens is 324 g/mol. The number of thiazole rings is 1. The number of nitrogens with one attached hydrogen (secondary N) is 1. The molecule has 124 valence electrons. The molecule has 2 heterocycles. The number of hydrogen-bond acceptors (Lipinski definition) is 5. The van der Waals surface area contributed by atoms with Crippen LogP contribution in [-0.4, -0.2) is 20.7 Å². The third kappa shape index (κ3) is 3.35. The van der Waals surface area contributed by atoms with Gasteiger partial charge in [0.15, 0.2) is 10.8 Å². The van der Waals surface area contributed by atoms with Gasteiger partial charge in [-0.25, -0.2) is 9.67 Å². The summed E-state index contributed by atoms with van der Waals surface area (Å²) < 4.78 is 1.39. The molecule has 1 amide bonds. The van der Waals surface area contributed by atoms with Crippen LogP contribution in [0.3, 0.4) is 0 Å². The van der Waals surface area contributed by atoms with Gasteiger partial charge in [-0.2, -0.15) is 5.10 Å². The lowest BCUT2D eigenvalue weighted by Gasteiger charge is -2.11. The summed E-state index contributed by atoms with van der Waals surface area (Å²) in [4.78, 5) is 29.2. The van der Waals surface area contributed by atoms with Crippen molar-refractivity contribution in [2.75, 3.05) is 5.32 Å². The van der Waals surface area contributed by atoms with Crippen LogP contribution in [0.15, 0.2) is 40.6 Å². The molecule has 0 aliphatic carbocycles. The normalized spacial score (nSPS) is 11.1. The molecule has 0 fully saturated rings. The summed E-state index contributed by atoms with van der Waals surface area (Å²) in [6, 6.07) is 7.06. The second-order valence-corrected chi connectivity index (χ2v) is 6.79. The molecule has 0 unspecified atom stereocenters. The lowest BCUT2D eigenvalue weighted by atomic mass is 10.1. The second kappa shape index (κ2) is 6.92. The van der Waals surface area contributed by atoms with E-state index in [-0.39, 0.29) is 17.2 Å². The highest BCUT2D eigenvalue weighted by atomic mass is 32.1. The summed E-state index contributed by atoms with van der Waals surface area (Å²) in [5.41, 5.74) is 0.0706. The lowest BCUT2D eigenvalue weighted by molar-refractivity contribution is 0.102. The van der Waals surface area contributed by atoms with Crippen molar-refractivity contribution in [2.45, 2.75) is 26.8 Å². The highest BCUT2D eigenvalue weighted by molar-refractivity contribution is 7.13. The van der Waals surface area contributed by atoms with Crippen LogP contribution >= 0.6 is 11.3 Å². The number of benzene rings is 1. The SMILES string of the molecule is CC(C)CCn1nc(C(=O)Nc2nccs2)c2ccccc2c1=O. The first-order chi connectivity index (χ1) is 11.6. The Morgan fingerprint density at radius 3 is 2.71 bits per heavy atom. The van der Waals surface area contributed by atoms with Crippen LogP contribution in [0.25, 0.3) is 10.8 Å². The average molecular weight is 342 g/mol. The molecule has 0 saturated carbocycles. The van der Waals surface area contributed by atoms with Crippen LogP contribution in [0.5, 0.6) is 0 Å². The first-order valence-electron chi connectivity index (χ1n) is 7.77. The molecule has 3 aromatic rings. The Labute approximate surface area is 143 Å². The molecule has 3 rings (SSSR count). The smallest absolute Gasteiger partial charge is 0.278 e. The molecule has 7 heteroatoms. The van der Waals surface area contributed by atoms with Gasteiger partial charge < -0.3 is 0 Å². The number of carbonyl (C=O) groups is 1.